The SMILES string of the molecule is CCc1ccc(C(C#N)CCC(=O)NC(C)C)cc1. The number of nitrogens with zero attached hydrogens (tertiary/aromatic N) is 1. The molecule has 1 aromatic rings. The van der Waals surface area contributed by atoms with Gasteiger partial charge in [-0.1, -0.05) is 31.2 Å². The van der Waals surface area contributed by atoms with Gasteiger partial charge in [-0.3, -0.25) is 4.79 Å². The second kappa shape index (κ2) is 7.58. The third-order valence-electron chi connectivity index (χ3n) is 3.06. The van der Waals surface area contributed by atoms with E-state index in [1.807, 2.05) is 38.1 Å². The van der Waals surface area contributed by atoms with Gasteiger partial charge in [-0.2, -0.15) is 5.26 Å². The van der Waals surface area contributed by atoms with Gasteiger partial charge in [0, 0.05) is 12.5 Å². The molecule has 0 radical (unpaired) electrons. The number of carbonyl (C=O) groups is 1. The maximum Gasteiger partial charge on any atom is 0.220 e. The Morgan fingerprint density at radius 2 is 1.95 bits per heavy atom. The Balaban J connectivity index is 2.58. The van der Waals surface area contributed by atoms with E-state index in [9.17, 15) is 10.1 Å². The summed E-state index contributed by atoms with van der Waals surface area (Å²) in [5.41, 5.74) is 2.26. The van der Waals surface area contributed by atoms with Crippen molar-refractivity contribution in [2.24, 2.45) is 0 Å². The third kappa shape index (κ3) is 5.13. The Morgan fingerprint density at radius 1 is 1.32 bits per heavy atom. The lowest BCUT2D eigenvalue weighted by Gasteiger charge is -2.11. The zero-order valence-corrected chi connectivity index (χ0v) is 11.9. The Bertz CT molecular complexity index is 443. The molecule has 1 amide bonds. The first kappa shape index (κ1) is 15.2. The molecule has 0 aliphatic rings. The molecule has 0 spiro atoms. The minimum Gasteiger partial charge on any atom is -0.354 e. The van der Waals surface area contributed by atoms with E-state index in [0.717, 1.165) is 12.0 Å². The first-order chi connectivity index (χ1) is 9.06. The molecule has 0 aromatic heterocycles. The summed E-state index contributed by atoms with van der Waals surface area (Å²) in [4.78, 5) is 11.6. The van der Waals surface area contributed by atoms with Gasteiger partial charge in [0.2, 0.25) is 5.91 Å². The van der Waals surface area contributed by atoms with Crippen LogP contribution in [0.5, 0.6) is 0 Å². The predicted octanol–water partition coefficient (Wildman–Crippen LogP) is 3.16. The number of amides is 1. The predicted molar refractivity (Wildman–Crippen MR) is 76.7 cm³/mol. The molecule has 3 nitrogen and oxygen atoms in total. The van der Waals surface area contributed by atoms with Crippen molar-refractivity contribution in [1.29, 1.82) is 5.26 Å². The number of nitrogens with one attached hydrogen (secondary N) is 1. The van der Waals surface area contributed by atoms with Crippen LogP contribution < -0.4 is 5.32 Å². The van der Waals surface area contributed by atoms with E-state index in [0.29, 0.717) is 12.8 Å². The molecule has 0 saturated carbocycles. The number of carbonyl (C=O) groups excluding carboxylic acids is 1. The second-order valence-electron chi connectivity index (χ2n) is 5.04. The van der Waals surface area contributed by atoms with Gasteiger partial charge in [0.15, 0.2) is 0 Å². The summed E-state index contributed by atoms with van der Waals surface area (Å²) < 4.78 is 0. The van der Waals surface area contributed by atoms with Crippen molar-refractivity contribution in [3.63, 3.8) is 0 Å². The number of nitriles is 1. The Morgan fingerprint density at radius 3 is 2.42 bits per heavy atom. The number of aryl methyl sites for hydroxylation is 1. The largest absolute Gasteiger partial charge is 0.354 e. The molecule has 3 heteroatoms. The normalized spacial score (nSPS) is 11.9. The molecule has 0 saturated heterocycles. The van der Waals surface area contributed by atoms with Crippen molar-refractivity contribution in [2.45, 2.75) is 52.0 Å². The molecule has 1 rings (SSSR count). The van der Waals surface area contributed by atoms with Gasteiger partial charge in [0.1, 0.15) is 0 Å². The highest BCUT2D eigenvalue weighted by Crippen LogP contribution is 2.21. The molecule has 0 aliphatic heterocycles. The fourth-order valence-electron chi connectivity index (χ4n) is 1.96. The lowest BCUT2D eigenvalue weighted by molar-refractivity contribution is -0.121. The van der Waals surface area contributed by atoms with E-state index in [-0.39, 0.29) is 17.9 Å². The molecule has 1 atom stereocenters. The number of rotatable bonds is 6. The molecular formula is C16H22N2O. The summed E-state index contributed by atoms with van der Waals surface area (Å²) in [7, 11) is 0. The maximum absolute atomic E-state index is 11.6. The average Bonchev–Trinajstić information content (AvgIpc) is 2.39. The van der Waals surface area contributed by atoms with E-state index in [2.05, 4.69) is 18.3 Å². The minimum absolute atomic E-state index is 0.0143. The van der Waals surface area contributed by atoms with Gasteiger partial charge < -0.3 is 5.32 Å². The second-order valence-corrected chi connectivity index (χ2v) is 5.04. The zero-order valence-electron chi connectivity index (χ0n) is 11.9. The van der Waals surface area contributed by atoms with Crippen molar-refractivity contribution >= 4 is 5.91 Å². The highest BCUT2D eigenvalue weighted by molar-refractivity contribution is 5.76. The van der Waals surface area contributed by atoms with E-state index in [1.54, 1.807) is 0 Å². The molecule has 102 valence electrons. The smallest absolute Gasteiger partial charge is 0.220 e. The fraction of sp³-hybridized carbons (Fsp3) is 0.500. The summed E-state index contributed by atoms with van der Waals surface area (Å²) in [5.74, 6) is -0.191. The van der Waals surface area contributed by atoms with Crippen molar-refractivity contribution in [3.8, 4) is 6.07 Å². The van der Waals surface area contributed by atoms with E-state index < -0.39 is 0 Å². The van der Waals surface area contributed by atoms with Crippen LogP contribution in [0.3, 0.4) is 0 Å². The summed E-state index contributed by atoms with van der Waals surface area (Å²) in [6.07, 6.45) is 1.96. The average molecular weight is 258 g/mol. The molecule has 0 heterocycles. The Labute approximate surface area is 115 Å². The lowest BCUT2D eigenvalue weighted by atomic mass is 9.94. The van der Waals surface area contributed by atoms with Gasteiger partial charge in [0.05, 0.1) is 12.0 Å². The number of hydrogen-bond acceptors (Lipinski definition) is 2. The number of benzene rings is 1. The highest BCUT2D eigenvalue weighted by Gasteiger charge is 2.13. The lowest BCUT2D eigenvalue weighted by Crippen LogP contribution is -2.30. The molecule has 0 aliphatic carbocycles. The van der Waals surface area contributed by atoms with Gasteiger partial charge >= 0.3 is 0 Å². The van der Waals surface area contributed by atoms with Gasteiger partial charge in [-0.15, -0.1) is 0 Å². The summed E-state index contributed by atoms with van der Waals surface area (Å²) in [6.45, 7) is 5.97. The summed E-state index contributed by atoms with van der Waals surface area (Å²) >= 11 is 0. The zero-order chi connectivity index (χ0) is 14.3. The van der Waals surface area contributed by atoms with Crippen LogP contribution in [0.15, 0.2) is 24.3 Å². The van der Waals surface area contributed by atoms with Crippen molar-refractivity contribution < 1.29 is 4.79 Å². The minimum atomic E-state index is -0.205. The quantitative estimate of drug-likeness (QED) is 0.852. The standard InChI is InChI=1S/C16H22N2O/c1-4-13-5-7-14(8-6-13)15(11-17)9-10-16(19)18-12(2)3/h5-8,12,15H,4,9-10H2,1-3H3,(H,18,19). The Hall–Kier alpha value is -1.82. The van der Waals surface area contributed by atoms with Crippen LogP contribution in [0.1, 0.15) is 50.7 Å². The number of hydrogen-bond donors (Lipinski definition) is 1. The van der Waals surface area contributed by atoms with E-state index >= 15 is 0 Å². The monoisotopic (exact) mass is 258 g/mol. The van der Waals surface area contributed by atoms with Crippen LogP contribution in [-0.4, -0.2) is 11.9 Å². The molecule has 1 N–H and O–H groups in total. The highest BCUT2D eigenvalue weighted by atomic mass is 16.1. The van der Waals surface area contributed by atoms with Crippen molar-refractivity contribution in [1.82, 2.24) is 5.32 Å². The fourth-order valence-corrected chi connectivity index (χ4v) is 1.96. The van der Waals surface area contributed by atoms with Gasteiger partial charge in [-0.05, 0) is 37.8 Å². The molecule has 1 aromatic carbocycles. The maximum atomic E-state index is 11.6. The van der Waals surface area contributed by atoms with Crippen LogP contribution in [0.25, 0.3) is 0 Å². The topological polar surface area (TPSA) is 52.9 Å². The molecule has 0 fully saturated rings. The van der Waals surface area contributed by atoms with Crippen molar-refractivity contribution in [2.75, 3.05) is 0 Å². The third-order valence-corrected chi connectivity index (χ3v) is 3.06. The van der Waals surface area contributed by atoms with E-state index in [1.165, 1.54) is 5.56 Å². The van der Waals surface area contributed by atoms with E-state index in [4.69, 9.17) is 0 Å². The molecule has 0 bridgehead atoms. The van der Waals surface area contributed by atoms with Crippen LogP contribution in [0.2, 0.25) is 0 Å². The summed E-state index contributed by atoms with van der Waals surface area (Å²) in [5, 5.41) is 12.1. The molecule has 1 unspecified atom stereocenters. The van der Waals surface area contributed by atoms with Crippen LogP contribution in [0.4, 0.5) is 0 Å². The first-order valence-electron chi connectivity index (χ1n) is 6.84. The van der Waals surface area contributed by atoms with Crippen LogP contribution >= 0.6 is 0 Å². The molecule has 19 heavy (non-hydrogen) atoms. The van der Waals surface area contributed by atoms with Gasteiger partial charge in [-0.25, -0.2) is 0 Å². The summed E-state index contributed by atoms with van der Waals surface area (Å²) in [6, 6.07) is 10.5. The van der Waals surface area contributed by atoms with Crippen LogP contribution in [0, 0.1) is 11.3 Å². The van der Waals surface area contributed by atoms with Crippen LogP contribution in [-0.2, 0) is 11.2 Å². The van der Waals surface area contributed by atoms with Crippen molar-refractivity contribution in [3.05, 3.63) is 35.4 Å². The van der Waals surface area contributed by atoms with Gasteiger partial charge in [0.25, 0.3) is 0 Å². The first-order valence-corrected chi connectivity index (χ1v) is 6.84. The molecular weight excluding hydrogens is 236 g/mol. The Kier molecular flexibility index (Phi) is 6.08.